The predicted octanol–water partition coefficient (Wildman–Crippen LogP) is 3.27. The zero-order valence-electron chi connectivity index (χ0n) is 10.1. The first-order valence-electron chi connectivity index (χ1n) is 5.57. The molecular weight excluding hydrogens is 288 g/mol. The Bertz CT molecular complexity index is 602. The number of hydrogen-bond donors (Lipinski definition) is 1. The van der Waals surface area contributed by atoms with Gasteiger partial charge in [-0.2, -0.15) is 0 Å². The largest absolute Gasteiger partial charge is 0.362 e. The highest BCUT2D eigenvalue weighted by molar-refractivity contribution is 7.11. The van der Waals surface area contributed by atoms with Crippen LogP contribution >= 0.6 is 22.9 Å². The lowest BCUT2D eigenvalue weighted by Crippen LogP contribution is -2.02. The van der Waals surface area contributed by atoms with E-state index in [9.17, 15) is 10.1 Å². The van der Waals surface area contributed by atoms with Crippen molar-refractivity contribution in [3.05, 3.63) is 43.5 Å². The first-order valence-corrected chi connectivity index (χ1v) is 6.77. The van der Waals surface area contributed by atoms with Crippen molar-refractivity contribution in [2.45, 2.75) is 19.9 Å². The maximum Gasteiger partial charge on any atom is 0.289 e. The molecule has 0 saturated carbocycles. The fourth-order valence-corrected chi connectivity index (χ4v) is 2.44. The first-order chi connectivity index (χ1) is 9.10. The Kier molecular flexibility index (Phi) is 4.28. The van der Waals surface area contributed by atoms with Crippen molar-refractivity contribution in [1.29, 1.82) is 0 Å². The standard InChI is InChI=1S/C11H11ClN4O2S/c1-2-8-5-13-10(19-8)6-15-11-9(12)3-7(4-14-11)16(17)18/h3-5H,2,6H2,1H3,(H,14,15). The molecule has 2 rings (SSSR count). The maximum atomic E-state index is 10.6. The highest BCUT2D eigenvalue weighted by Crippen LogP contribution is 2.24. The van der Waals surface area contributed by atoms with Gasteiger partial charge in [0.05, 0.1) is 16.5 Å². The SMILES string of the molecule is CCc1cnc(CNc2ncc([N+](=O)[O-])cc2Cl)s1. The lowest BCUT2D eigenvalue weighted by molar-refractivity contribution is -0.385. The second-order valence-corrected chi connectivity index (χ2v) is 5.32. The first kappa shape index (κ1) is 13.7. The smallest absolute Gasteiger partial charge is 0.289 e. The molecule has 0 amide bonds. The molecule has 8 heteroatoms. The Hall–Kier alpha value is -1.73. The third kappa shape index (κ3) is 3.39. The van der Waals surface area contributed by atoms with Gasteiger partial charge in [0.25, 0.3) is 5.69 Å². The molecule has 0 aliphatic carbocycles. The monoisotopic (exact) mass is 298 g/mol. The van der Waals surface area contributed by atoms with Gasteiger partial charge in [-0.15, -0.1) is 11.3 Å². The van der Waals surface area contributed by atoms with Crippen molar-refractivity contribution < 1.29 is 4.92 Å². The molecule has 0 aliphatic rings. The number of aromatic nitrogens is 2. The van der Waals surface area contributed by atoms with Crippen LogP contribution in [0.5, 0.6) is 0 Å². The lowest BCUT2D eigenvalue weighted by Gasteiger charge is -2.04. The zero-order valence-corrected chi connectivity index (χ0v) is 11.7. The maximum absolute atomic E-state index is 10.6. The summed E-state index contributed by atoms with van der Waals surface area (Å²) in [5, 5.41) is 14.7. The van der Waals surface area contributed by atoms with Crippen LogP contribution in [0.4, 0.5) is 11.5 Å². The Labute approximate surface area is 118 Å². The molecule has 0 saturated heterocycles. The number of nitrogens with one attached hydrogen (secondary N) is 1. The highest BCUT2D eigenvalue weighted by atomic mass is 35.5. The average Bonchev–Trinajstić information content (AvgIpc) is 2.85. The van der Waals surface area contributed by atoms with Crippen molar-refractivity contribution >= 4 is 34.4 Å². The molecule has 0 aromatic carbocycles. The van der Waals surface area contributed by atoms with Crippen LogP contribution in [0.3, 0.4) is 0 Å². The zero-order chi connectivity index (χ0) is 13.8. The molecule has 0 spiro atoms. The predicted molar refractivity (Wildman–Crippen MR) is 74.7 cm³/mol. The molecule has 0 fully saturated rings. The van der Waals surface area contributed by atoms with Crippen LogP contribution in [0.25, 0.3) is 0 Å². The molecule has 0 aliphatic heterocycles. The van der Waals surface area contributed by atoms with Gasteiger partial charge in [-0.05, 0) is 6.42 Å². The van der Waals surface area contributed by atoms with Crippen molar-refractivity contribution in [2.24, 2.45) is 0 Å². The Morgan fingerprint density at radius 1 is 1.47 bits per heavy atom. The van der Waals surface area contributed by atoms with E-state index in [1.807, 2.05) is 6.20 Å². The minimum absolute atomic E-state index is 0.127. The molecular formula is C11H11ClN4O2S. The molecule has 19 heavy (non-hydrogen) atoms. The summed E-state index contributed by atoms with van der Waals surface area (Å²) in [5.74, 6) is 0.417. The second kappa shape index (κ2) is 5.94. The van der Waals surface area contributed by atoms with Crippen LogP contribution in [0.2, 0.25) is 5.02 Å². The highest BCUT2D eigenvalue weighted by Gasteiger charge is 2.11. The number of halogens is 1. The number of nitro groups is 1. The van der Waals surface area contributed by atoms with Gasteiger partial charge in [-0.25, -0.2) is 9.97 Å². The van der Waals surface area contributed by atoms with E-state index in [0.717, 1.165) is 11.4 Å². The summed E-state index contributed by atoms with van der Waals surface area (Å²) < 4.78 is 0. The molecule has 2 aromatic heterocycles. The minimum atomic E-state index is -0.531. The van der Waals surface area contributed by atoms with Crippen molar-refractivity contribution in [2.75, 3.05) is 5.32 Å². The minimum Gasteiger partial charge on any atom is -0.362 e. The Morgan fingerprint density at radius 3 is 2.84 bits per heavy atom. The quantitative estimate of drug-likeness (QED) is 0.677. The van der Waals surface area contributed by atoms with Gasteiger partial charge in [0.15, 0.2) is 0 Å². The van der Waals surface area contributed by atoms with E-state index in [1.165, 1.54) is 17.1 Å². The molecule has 6 nitrogen and oxygen atoms in total. The summed E-state index contributed by atoms with van der Waals surface area (Å²) in [6.45, 7) is 2.56. The molecule has 100 valence electrons. The van der Waals surface area contributed by atoms with E-state index in [0.29, 0.717) is 12.4 Å². The van der Waals surface area contributed by atoms with Crippen LogP contribution in [-0.4, -0.2) is 14.9 Å². The molecule has 2 heterocycles. The topological polar surface area (TPSA) is 81.0 Å². The summed E-state index contributed by atoms with van der Waals surface area (Å²) in [5.41, 5.74) is -0.127. The van der Waals surface area contributed by atoms with Crippen molar-refractivity contribution in [1.82, 2.24) is 9.97 Å². The normalized spacial score (nSPS) is 10.4. The number of hydrogen-bond acceptors (Lipinski definition) is 6. The lowest BCUT2D eigenvalue weighted by atomic mass is 10.4. The number of aryl methyl sites for hydroxylation is 1. The van der Waals surface area contributed by atoms with Crippen molar-refractivity contribution in [3.63, 3.8) is 0 Å². The third-order valence-corrected chi connectivity index (χ3v) is 3.82. The van der Waals surface area contributed by atoms with Crippen LogP contribution in [0.1, 0.15) is 16.8 Å². The van der Waals surface area contributed by atoms with E-state index < -0.39 is 4.92 Å². The van der Waals surface area contributed by atoms with Gasteiger partial charge in [0.2, 0.25) is 0 Å². The van der Waals surface area contributed by atoms with Crippen LogP contribution in [-0.2, 0) is 13.0 Å². The molecule has 0 radical (unpaired) electrons. The summed E-state index contributed by atoms with van der Waals surface area (Å²) in [6, 6.07) is 1.27. The van der Waals surface area contributed by atoms with Crippen LogP contribution in [0, 0.1) is 10.1 Å². The Morgan fingerprint density at radius 2 is 2.26 bits per heavy atom. The van der Waals surface area contributed by atoms with Gasteiger partial charge in [-0.1, -0.05) is 18.5 Å². The fourth-order valence-electron chi connectivity index (χ4n) is 1.41. The number of rotatable bonds is 5. The number of thiazole rings is 1. The van der Waals surface area contributed by atoms with Gasteiger partial charge < -0.3 is 5.32 Å². The molecule has 0 bridgehead atoms. The van der Waals surface area contributed by atoms with Crippen LogP contribution < -0.4 is 5.32 Å². The van der Waals surface area contributed by atoms with E-state index in [1.54, 1.807) is 11.3 Å². The average molecular weight is 299 g/mol. The fraction of sp³-hybridized carbons (Fsp3) is 0.273. The van der Waals surface area contributed by atoms with E-state index in [4.69, 9.17) is 11.6 Å². The molecule has 2 aromatic rings. The summed E-state index contributed by atoms with van der Waals surface area (Å²) in [6.07, 6.45) is 3.97. The molecule has 0 unspecified atom stereocenters. The number of nitrogens with zero attached hydrogens (tertiary/aromatic N) is 3. The summed E-state index contributed by atoms with van der Waals surface area (Å²) in [7, 11) is 0. The van der Waals surface area contributed by atoms with Gasteiger partial charge in [0, 0.05) is 17.1 Å². The molecule has 1 N–H and O–H groups in total. The third-order valence-electron chi connectivity index (χ3n) is 2.39. The Balaban J connectivity index is 2.05. The van der Waals surface area contributed by atoms with Gasteiger partial charge >= 0.3 is 0 Å². The van der Waals surface area contributed by atoms with E-state index in [2.05, 4.69) is 22.2 Å². The second-order valence-electron chi connectivity index (χ2n) is 3.71. The van der Waals surface area contributed by atoms with Gasteiger partial charge in [-0.3, -0.25) is 10.1 Å². The summed E-state index contributed by atoms with van der Waals surface area (Å²) in [4.78, 5) is 19.4. The number of anilines is 1. The van der Waals surface area contributed by atoms with E-state index in [-0.39, 0.29) is 10.7 Å². The summed E-state index contributed by atoms with van der Waals surface area (Å²) >= 11 is 7.54. The van der Waals surface area contributed by atoms with Gasteiger partial charge in [0.1, 0.15) is 17.0 Å². The van der Waals surface area contributed by atoms with E-state index >= 15 is 0 Å². The van der Waals surface area contributed by atoms with Crippen molar-refractivity contribution in [3.8, 4) is 0 Å². The number of pyridine rings is 1. The molecule has 0 atom stereocenters. The van der Waals surface area contributed by atoms with Crippen LogP contribution in [0.15, 0.2) is 18.5 Å².